The summed E-state index contributed by atoms with van der Waals surface area (Å²) in [5, 5.41) is 28.5. The van der Waals surface area contributed by atoms with Crippen LogP contribution in [-0.4, -0.2) is 43.4 Å². The predicted octanol–water partition coefficient (Wildman–Crippen LogP) is 7.36. The van der Waals surface area contributed by atoms with Gasteiger partial charge >= 0.3 is 6.01 Å². The van der Waals surface area contributed by atoms with Gasteiger partial charge in [-0.1, -0.05) is 94.5 Å². The fourth-order valence-corrected chi connectivity index (χ4v) is 5.12. The number of nitrogens with zero attached hydrogens (tertiary/aromatic N) is 4. The fraction of sp³-hybridized carbons (Fsp3) is 0.182. The first-order valence-corrected chi connectivity index (χ1v) is 14.9. The standard InChI is InChI=1S/C33H29Cl3N4O4/c34-28-7-2-1-5-25(28)21-43-27-6-3-4-24(14-27)19-40(12-13-41)18-22-8-10-23(11-9-22)20-44-33-37-17-31(38-39-33)26-15-29(35)32(42)30(36)16-26/h1-11,14-17,41-42H,12-13,18-21H2. The maximum absolute atomic E-state index is 9.75. The van der Waals surface area contributed by atoms with Crippen LogP contribution in [0.15, 0.2) is 91.1 Å². The number of hydrogen-bond donors (Lipinski definition) is 2. The van der Waals surface area contributed by atoms with Crippen LogP contribution in [0.4, 0.5) is 0 Å². The van der Waals surface area contributed by atoms with E-state index in [0.717, 1.165) is 28.0 Å². The molecule has 0 aliphatic heterocycles. The van der Waals surface area contributed by atoms with Gasteiger partial charge in [-0.25, -0.2) is 4.98 Å². The summed E-state index contributed by atoms with van der Waals surface area (Å²) in [6, 6.07) is 26.8. The number of ether oxygens (including phenoxy) is 2. The van der Waals surface area contributed by atoms with Crippen LogP contribution >= 0.6 is 34.8 Å². The van der Waals surface area contributed by atoms with E-state index >= 15 is 0 Å². The van der Waals surface area contributed by atoms with E-state index in [-0.39, 0.29) is 35.0 Å². The smallest absolute Gasteiger partial charge is 0.336 e. The number of aliphatic hydroxyl groups is 1. The van der Waals surface area contributed by atoms with Gasteiger partial charge in [0.2, 0.25) is 0 Å². The molecule has 4 aromatic carbocycles. The minimum absolute atomic E-state index is 0.0499. The molecule has 0 aliphatic rings. The van der Waals surface area contributed by atoms with Gasteiger partial charge in [-0.3, -0.25) is 4.90 Å². The Kier molecular flexibility index (Phi) is 10.9. The molecule has 5 aromatic rings. The first-order valence-electron chi connectivity index (χ1n) is 13.7. The summed E-state index contributed by atoms with van der Waals surface area (Å²) in [4.78, 5) is 6.39. The maximum atomic E-state index is 9.75. The summed E-state index contributed by atoms with van der Waals surface area (Å²) >= 11 is 18.3. The number of phenolic OH excluding ortho intramolecular Hbond substituents is 1. The Morgan fingerprint density at radius 2 is 1.43 bits per heavy atom. The summed E-state index contributed by atoms with van der Waals surface area (Å²) in [6.07, 6.45) is 1.50. The minimum Gasteiger partial charge on any atom is -0.505 e. The molecule has 0 spiro atoms. The van der Waals surface area contributed by atoms with Crippen molar-refractivity contribution in [2.24, 2.45) is 0 Å². The molecule has 2 N–H and O–H groups in total. The van der Waals surface area contributed by atoms with Crippen molar-refractivity contribution < 1.29 is 19.7 Å². The van der Waals surface area contributed by atoms with Crippen LogP contribution in [0.5, 0.6) is 17.5 Å². The van der Waals surface area contributed by atoms with Crippen molar-refractivity contribution in [1.82, 2.24) is 20.1 Å². The van der Waals surface area contributed by atoms with E-state index in [2.05, 4.69) is 20.1 Å². The van der Waals surface area contributed by atoms with Crippen molar-refractivity contribution in [3.05, 3.63) is 128 Å². The van der Waals surface area contributed by atoms with Crippen molar-refractivity contribution in [2.45, 2.75) is 26.3 Å². The highest BCUT2D eigenvalue weighted by molar-refractivity contribution is 6.37. The SMILES string of the molecule is OCCN(Cc1ccc(COc2ncc(-c3cc(Cl)c(O)c(Cl)c3)nn2)cc1)Cc1cccc(OCc2ccccc2Cl)c1. The number of halogens is 3. The number of benzene rings is 4. The summed E-state index contributed by atoms with van der Waals surface area (Å²) in [5.41, 5.74) is 5.06. The van der Waals surface area contributed by atoms with Gasteiger partial charge in [0, 0.05) is 35.8 Å². The first-order chi connectivity index (χ1) is 21.4. The van der Waals surface area contributed by atoms with Crippen LogP contribution in [0.3, 0.4) is 0 Å². The number of aromatic nitrogens is 3. The zero-order chi connectivity index (χ0) is 30.9. The highest BCUT2D eigenvalue weighted by atomic mass is 35.5. The van der Waals surface area contributed by atoms with E-state index in [1.165, 1.54) is 18.3 Å². The van der Waals surface area contributed by atoms with E-state index in [0.29, 0.717) is 42.5 Å². The van der Waals surface area contributed by atoms with Gasteiger partial charge in [0.25, 0.3) is 0 Å². The number of aliphatic hydroxyl groups excluding tert-OH is 1. The van der Waals surface area contributed by atoms with Crippen LogP contribution in [0, 0.1) is 0 Å². The average molecular weight is 652 g/mol. The Bertz CT molecular complexity index is 1670. The molecule has 44 heavy (non-hydrogen) atoms. The van der Waals surface area contributed by atoms with E-state index in [1.54, 1.807) is 0 Å². The van der Waals surface area contributed by atoms with Gasteiger partial charge in [-0.05, 0) is 47.0 Å². The second-order valence-electron chi connectivity index (χ2n) is 9.98. The quantitative estimate of drug-likeness (QED) is 0.136. The molecular formula is C33H29Cl3N4O4. The Morgan fingerprint density at radius 1 is 0.705 bits per heavy atom. The van der Waals surface area contributed by atoms with Crippen molar-refractivity contribution in [3.63, 3.8) is 0 Å². The minimum atomic E-state index is -0.188. The van der Waals surface area contributed by atoms with Crippen LogP contribution < -0.4 is 9.47 Å². The average Bonchev–Trinajstić information content (AvgIpc) is 3.03. The Hall–Kier alpha value is -3.92. The lowest BCUT2D eigenvalue weighted by Gasteiger charge is -2.22. The molecule has 1 heterocycles. The van der Waals surface area contributed by atoms with E-state index < -0.39 is 0 Å². The zero-order valence-corrected chi connectivity index (χ0v) is 25.8. The topological polar surface area (TPSA) is 101 Å². The molecule has 0 saturated heterocycles. The highest BCUT2D eigenvalue weighted by Gasteiger charge is 2.12. The lowest BCUT2D eigenvalue weighted by atomic mass is 10.1. The molecule has 0 aliphatic carbocycles. The molecule has 0 fully saturated rings. The van der Waals surface area contributed by atoms with Gasteiger partial charge in [-0.15, -0.1) is 5.10 Å². The van der Waals surface area contributed by atoms with Crippen molar-refractivity contribution in [3.8, 4) is 28.8 Å². The van der Waals surface area contributed by atoms with Gasteiger partial charge in [0.05, 0.1) is 22.8 Å². The van der Waals surface area contributed by atoms with Crippen LogP contribution in [-0.2, 0) is 26.3 Å². The van der Waals surface area contributed by atoms with Gasteiger partial charge < -0.3 is 19.7 Å². The number of phenols is 1. The Balaban J connectivity index is 1.14. The largest absolute Gasteiger partial charge is 0.505 e. The highest BCUT2D eigenvalue weighted by Crippen LogP contribution is 2.35. The van der Waals surface area contributed by atoms with Crippen LogP contribution in [0.2, 0.25) is 15.1 Å². The summed E-state index contributed by atoms with van der Waals surface area (Å²) in [6.45, 7) is 2.54. The first kappa shape index (κ1) is 31.5. The molecule has 0 atom stereocenters. The molecule has 0 saturated carbocycles. The molecule has 0 amide bonds. The maximum Gasteiger partial charge on any atom is 0.336 e. The Labute approximate surface area is 270 Å². The van der Waals surface area contributed by atoms with Crippen LogP contribution in [0.25, 0.3) is 11.3 Å². The molecule has 0 bridgehead atoms. The molecule has 0 unspecified atom stereocenters. The molecule has 5 rings (SSSR count). The van der Waals surface area contributed by atoms with E-state index in [9.17, 15) is 10.2 Å². The summed E-state index contributed by atoms with van der Waals surface area (Å²) in [5.74, 6) is 0.574. The normalized spacial score (nSPS) is 11.1. The fourth-order valence-electron chi connectivity index (χ4n) is 4.45. The third kappa shape index (κ3) is 8.59. The molecule has 1 aromatic heterocycles. The lowest BCUT2D eigenvalue weighted by Crippen LogP contribution is -2.26. The second kappa shape index (κ2) is 15.2. The van der Waals surface area contributed by atoms with Gasteiger partial charge in [0.1, 0.15) is 24.7 Å². The third-order valence-electron chi connectivity index (χ3n) is 6.72. The molecule has 226 valence electrons. The van der Waals surface area contributed by atoms with Gasteiger partial charge in [0.15, 0.2) is 5.75 Å². The number of rotatable bonds is 13. The van der Waals surface area contributed by atoms with Crippen LogP contribution in [0.1, 0.15) is 22.3 Å². The second-order valence-corrected chi connectivity index (χ2v) is 11.2. The third-order valence-corrected chi connectivity index (χ3v) is 7.67. The zero-order valence-electron chi connectivity index (χ0n) is 23.5. The van der Waals surface area contributed by atoms with Crippen molar-refractivity contribution in [2.75, 3.05) is 13.2 Å². The molecular weight excluding hydrogens is 623 g/mol. The molecule has 8 nitrogen and oxygen atoms in total. The van der Waals surface area contributed by atoms with Crippen molar-refractivity contribution in [1.29, 1.82) is 0 Å². The summed E-state index contributed by atoms with van der Waals surface area (Å²) < 4.78 is 11.7. The monoisotopic (exact) mass is 650 g/mol. The lowest BCUT2D eigenvalue weighted by molar-refractivity contribution is 0.184. The number of hydrogen-bond acceptors (Lipinski definition) is 8. The number of aromatic hydroxyl groups is 1. The predicted molar refractivity (Wildman–Crippen MR) is 171 cm³/mol. The van der Waals surface area contributed by atoms with E-state index in [4.69, 9.17) is 44.3 Å². The Morgan fingerprint density at radius 3 is 2.14 bits per heavy atom. The molecule has 11 heteroatoms. The van der Waals surface area contributed by atoms with Crippen molar-refractivity contribution >= 4 is 34.8 Å². The van der Waals surface area contributed by atoms with Gasteiger partial charge in [-0.2, -0.15) is 0 Å². The van der Waals surface area contributed by atoms with E-state index in [1.807, 2.05) is 72.8 Å². The molecule has 0 radical (unpaired) electrons. The summed E-state index contributed by atoms with van der Waals surface area (Å²) in [7, 11) is 0.